The number of phenolic OH excluding ortho intramolecular Hbond substituents is 1. The van der Waals surface area contributed by atoms with Crippen molar-refractivity contribution in [3.63, 3.8) is 0 Å². The third-order valence-electron chi connectivity index (χ3n) is 2.68. The second kappa shape index (κ2) is 5.01. The fraction of sp³-hybridized carbons (Fsp3) is 0.308. The molecule has 0 amide bonds. The summed E-state index contributed by atoms with van der Waals surface area (Å²) in [7, 11) is 0. The van der Waals surface area contributed by atoms with E-state index in [-0.39, 0.29) is 5.75 Å². The summed E-state index contributed by atoms with van der Waals surface area (Å²) in [5.74, 6) is 0.269. The highest BCUT2D eigenvalue weighted by atomic mass is 16.3. The molecule has 4 heteroatoms. The van der Waals surface area contributed by atoms with Crippen molar-refractivity contribution in [1.29, 1.82) is 0 Å². The molecule has 0 aliphatic heterocycles. The highest BCUT2D eigenvalue weighted by Gasteiger charge is 2.05. The molecule has 1 aromatic carbocycles. The number of aromatic hydroxyl groups is 1. The molecule has 90 valence electrons. The van der Waals surface area contributed by atoms with Gasteiger partial charge in [0, 0.05) is 18.3 Å². The number of rotatable bonds is 4. The first-order valence-electron chi connectivity index (χ1n) is 5.76. The fourth-order valence-corrected chi connectivity index (χ4v) is 1.67. The third-order valence-corrected chi connectivity index (χ3v) is 2.68. The van der Waals surface area contributed by atoms with Crippen molar-refractivity contribution in [2.24, 2.45) is 0 Å². The second-order valence-corrected chi connectivity index (χ2v) is 3.98. The molecule has 0 aliphatic rings. The van der Waals surface area contributed by atoms with Gasteiger partial charge in [-0.25, -0.2) is 4.68 Å². The largest absolute Gasteiger partial charge is 0.508 e. The number of nitrogens with zero attached hydrogens (tertiary/aromatic N) is 2. The second-order valence-electron chi connectivity index (χ2n) is 3.98. The number of hydrogen-bond acceptors (Lipinski definition) is 3. The van der Waals surface area contributed by atoms with Gasteiger partial charge in [0.05, 0.1) is 11.4 Å². The SMILES string of the molecule is CCNCc1cn(-c2ccc(O)cc2)nc1C. The van der Waals surface area contributed by atoms with Crippen molar-refractivity contribution in [2.45, 2.75) is 20.4 Å². The van der Waals surface area contributed by atoms with Crippen LogP contribution in [0.4, 0.5) is 0 Å². The molecule has 17 heavy (non-hydrogen) atoms. The lowest BCUT2D eigenvalue weighted by atomic mass is 10.2. The molecule has 0 aliphatic carbocycles. The van der Waals surface area contributed by atoms with Crippen molar-refractivity contribution in [3.8, 4) is 11.4 Å². The Labute approximate surface area is 101 Å². The van der Waals surface area contributed by atoms with Crippen LogP contribution in [-0.4, -0.2) is 21.4 Å². The van der Waals surface area contributed by atoms with Crippen LogP contribution in [0.2, 0.25) is 0 Å². The monoisotopic (exact) mass is 231 g/mol. The van der Waals surface area contributed by atoms with E-state index in [9.17, 15) is 5.11 Å². The standard InChI is InChI=1S/C13H17N3O/c1-3-14-8-11-9-16(15-10(11)2)12-4-6-13(17)7-5-12/h4-7,9,14,17H,3,8H2,1-2H3. The molecule has 0 spiro atoms. The normalized spacial score (nSPS) is 10.7. The maximum absolute atomic E-state index is 9.24. The van der Waals surface area contributed by atoms with Gasteiger partial charge in [0.1, 0.15) is 5.75 Å². The highest BCUT2D eigenvalue weighted by molar-refractivity contribution is 5.37. The predicted octanol–water partition coefficient (Wildman–Crippen LogP) is 2.00. The molecule has 2 aromatic rings. The lowest BCUT2D eigenvalue weighted by Gasteiger charge is -2.00. The van der Waals surface area contributed by atoms with Gasteiger partial charge < -0.3 is 10.4 Å². The van der Waals surface area contributed by atoms with E-state index in [1.807, 2.05) is 29.9 Å². The molecule has 0 saturated carbocycles. The minimum atomic E-state index is 0.269. The smallest absolute Gasteiger partial charge is 0.115 e. The van der Waals surface area contributed by atoms with E-state index in [0.717, 1.165) is 24.5 Å². The van der Waals surface area contributed by atoms with Crippen molar-refractivity contribution in [1.82, 2.24) is 15.1 Å². The molecule has 0 saturated heterocycles. The van der Waals surface area contributed by atoms with E-state index in [1.165, 1.54) is 5.56 Å². The zero-order valence-corrected chi connectivity index (χ0v) is 10.1. The molecule has 0 bridgehead atoms. The predicted molar refractivity (Wildman–Crippen MR) is 67.3 cm³/mol. The molecular formula is C13H17N3O. The van der Waals surface area contributed by atoms with Gasteiger partial charge in [0.25, 0.3) is 0 Å². The first kappa shape index (κ1) is 11.7. The van der Waals surface area contributed by atoms with E-state index < -0.39 is 0 Å². The van der Waals surface area contributed by atoms with Crippen LogP contribution in [0, 0.1) is 6.92 Å². The Morgan fingerprint density at radius 3 is 2.65 bits per heavy atom. The van der Waals surface area contributed by atoms with Gasteiger partial charge in [-0.15, -0.1) is 0 Å². The summed E-state index contributed by atoms with van der Waals surface area (Å²) >= 11 is 0. The lowest BCUT2D eigenvalue weighted by molar-refractivity contribution is 0.475. The van der Waals surface area contributed by atoms with Crippen LogP contribution in [0.15, 0.2) is 30.5 Å². The maximum atomic E-state index is 9.24. The molecular weight excluding hydrogens is 214 g/mol. The van der Waals surface area contributed by atoms with Gasteiger partial charge in [-0.2, -0.15) is 5.10 Å². The zero-order chi connectivity index (χ0) is 12.3. The molecule has 1 heterocycles. The van der Waals surface area contributed by atoms with Gasteiger partial charge in [0.2, 0.25) is 0 Å². The van der Waals surface area contributed by atoms with Crippen LogP contribution in [0.5, 0.6) is 5.75 Å². The minimum absolute atomic E-state index is 0.269. The van der Waals surface area contributed by atoms with Crippen LogP contribution in [-0.2, 0) is 6.54 Å². The molecule has 2 N–H and O–H groups in total. The van der Waals surface area contributed by atoms with Crippen LogP contribution in [0.25, 0.3) is 5.69 Å². The first-order chi connectivity index (χ1) is 8.20. The van der Waals surface area contributed by atoms with Crippen molar-refractivity contribution in [2.75, 3.05) is 6.54 Å². The Morgan fingerprint density at radius 2 is 2.00 bits per heavy atom. The molecule has 1 aromatic heterocycles. The van der Waals surface area contributed by atoms with Crippen LogP contribution >= 0.6 is 0 Å². The summed E-state index contributed by atoms with van der Waals surface area (Å²) in [6, 6.07) is 7.02. The van der Waals surface area contributed by atoms with Gasteiger partial charge in [-0.3, -0.25) is 0 Å². The van der Waals surface area contributed by atoms with Gasteiger partial charge >= 0.3 is 0 Å². The fourth-order valence-electron chi connectivity index (χ4n) is 1.67. The summed E-state index contributed by atoms with van der Waals surface area (Å²) in [6.45, 7) is 5.87. The molecule has 2 rings (SSSR count). The molecule has 0 atom stereocenters. The first-order valence-corrected chi connectivity index (χ1v) is 5.76. The minimum Gasteiger partial charge on any atom is -0.508 e. The Kier molecular flexibility index (Phi) is 3.44. The summed E-state index contributed by atoms with van der Waals surface area (Å²) in [5, 5.41) is 17.0. The summed E-state index contributed by atoms with van der Waals surface area (Å²) in [5.41, 5.74) is 3.17. The van der Waals surface area contributed by atoms with Crippen LogP contribution < -0.4 is 5.32 Å². The summed E-state index contributed by atoms with van der Waals surface area (Å²) in [6.07, 6.45) is 2.02. The van der Waals surface area contributed by atoms with E-state index in [4.69, 9.17) is 0 Å². The topological polar surface area (TPSA) is 50.1 Å². The highest BCUT2D eigenvalue weighted by Crippen LogP contribution is 2.15. The Hall–Kier alpha value is -1.81. The Balaban J connectivity index is 2.24. The zero-order valence-electron chi connectivity index (χ0n) is 10.1. The van der Waals surface area contributed by atoms with E-state index >= 15 is 0 Å². The molecule has 0 radical (unpaired) electrons. The Morgan fingerprint density at radius 1 is 1.29 bits per heavy atom. The van der Waals surface area contributed by atoms with Crippen LogP contribution in [0.3, 0.4) is 0 Å². The average molecular weight is 231 g/mol. The average Bonchev–Trinajstić information content (AvgIpc) is 2.69. The third kappa shape index (κ3) is 2.65. The number of aryl methyl sites for hydroxylation is 1. The number of nitrogens with one attached hydrogen (secondary N) is 1. The van der Waals surface area contributed by atoms with Crippen molar-refractivity contribution < 1.29 is 5.11 Å². The van der Waals surface area contributed by atoms with E-state index in [2.05, 4.69) is 17.3 Å². The molecule has 4 nitrogen and oxygen atoms in total. The van der Waals surface area contributed by atoms with Gasteiger partial charge in [-0.05, 0) is 37.7 Å². The quantitative estimate of drug-likeness (QED) is 0.846. The molecule has 0 unspecified atom stereocenters. The molecule has 0 fully saturated rings. The van der Waals surface area contributed by atoms with E-state index in [0.29, 0.717) is 0 Å². The number of phenols is 1. The van der Waals surface area contributed by atoms with Gasteiger partial charge in [0.15, 0.2) is 0 Å². The Bertz CT molecular complexity index is 488. The summed E-state index contributed by atoms with van der Waals surface area (Å²) in [4.78, 5) is 0. The van der Waals surface area contributed by atoms with Crippen LogP contribution in [0.1, 0.15) is 18.2 Å². The lowest BCUT2D eigenvalue weighted by Crippen LogP contribution is -2.11. The maximum Gasteiger partial charge on any atom is 0.115 e. The number of benzene rings is 1. The summed E-state index contributed by atoms with van der Waals surface area (Å²) < 4.78 is 1.83. The van der Waals surface area contributed by atoms with Crippen molar-refractivity contribution in [3.05, 3.63) is 41.7 Å². The van der Waals surface area contributed by atoms with E-state index in [1.54, 1.807) is 12.1 Å². The van der Waals surface area contributed by atoms with Crippen molar-refractivity contribution >= 4 is 0 Å². The number of aromatic nitrogens is 2. The van der Waals surface area contributed by atoms with Gasteiger partial charge in [-0.1, -0.05) is 6.92 Å². The number of hydrogen-bond donors (Lipinski definition) is 2.